The van der Waals surface area contributed by atoms with Crippen LogP contribution in [0.25, 0.3) is 17.6 Å². The molecule has 1 amide bonds. The third kappa shape index (κ3) is 3.72. The quantitative estimate of drug-likeness (QED) is 0.723. The second-order valence-electron chi connectivity index (χ2n) is 5.09. The topological polar surface area (TPSA) is 73.0 Å². The summed E-state index contributed by atoms with van der Waals surface area (Å²) >= 11 is 6.03. The number of aryl methyl sites for hydroxylation is 1. The lowest BCUT2D eigenvalue weighted by Gasteiger charge is -1.98. The number of carbonyl (C=O) groups excluding carboxylic acids is 1. The second kappa shape index (κ2) is 7.14. The molecule has 0 aliphatic heterocycles. The van der Waals surface area contributed by atoms with Gasteiger partial charge in [-0.15, -0.1) is 0 Å². The van der Waals surface area contributed by atoms with Crippen molar-refractivity contribution in [2.45, 2.75) is 6.54 Å². The maximum Gasteiger partial charge on any atom is 0.246 e. The van der Waals surface area contributed by atoms with Gasteiger partial charge in [0.05, 0.1) is 12.2 Å². The van der Waals surface area contributed by atoms with Crippen molar-refractivity contribution in [3.8, 4) is 11.5 Å². The molecule has 0 fully saturated rings. The molecule has 0 radical (unpaired) electrons. The molecule has 0 atom stereocenters. The van der Waals surface area contributed by atoms with Crippen molar-refractivity contribution in [2.75, 3.05) is 0 Å². The summed E-state index contributed by atoms with van der Waals surface area (Å²) in [5, 5.41) is 7.19. The van der Waals surface area contributed by atoms with E-state index in [-0.39, 0.29) is 12.5 Å². The fourth-order valence-corrected chi connectivity index (χ4v) is 2.32. The Kier molecular flexibility index (Phi) is 4.77. The molecule has 3 rings (SSSR count). The first-order valence-electron chi connectivity index (χ1n) is 7.28. The molecule has 6 nitrogen and oxygen atoms in total. The molecule has 0 aliphatic carbocycles. The molecule has 1 N–H and O–H groups in total. The summed E-state index contributed by atoms with van der Waals surface area (Å²) in [5.41, 5.74) is 1.62. The van der Waals surface area contributed by atoms with Gasteiger partial charge < -0.3 is 14.4 Å². The fourth-order valence-electron chi connectivity index (χ4n) is 2.12. The Morgan fingerprint density at radius 1 is 1.33 bits per heavy atom. The summed E-state index contributed by atoms with van der Waals surface area (Å²) < 4.78 is 7.03. The van der Waals surface area contributed by atoms with Crippen LogP contribution in [-0.2, 0) is 18.4 Å². The van der Waals surface area contributed by atoms with Crippen molar-refractivity contribution in [3.63, 3.8) is 0 Å². The number of nitrogens with zero attached hydrogens (tertiary/aromatic N) is 3. The molecule has 24 heavy (non-hydrogen) atoms. The summed E-state index contributed by atoms with van der Waals surface area (Å²) in [6, 6.07) is 11.1. The predicted molar refractivity (Wildman–Crippen MR) is 91.0 cm³/mol. The maximum absolute atomic E-state index is 11.9. The number of hydrogen-bond donors (Lipinski definition) is 1. The lowest BCUT2D eigenvalue weighted by molar-refractivity contribution is -0.116. The largest absolute Gasteiger partial charge is 0.348 e. The smallest absolute Gasteiger partial charge is 0.246 e. The van der Waals surface area contributed by atoms with Crippen molar-refractivity contribution < 1.29 is 9.32 Å². The zero-order chi connectivity index (χ0) is 16.9. The summed E-state index contributed by atoms with van der Waals surface area (Å²) in [7, 11) is 1.90. The molecule has 2 heterocycles. The molecular formula is C17H15ClN4O2. The molecular weight excluding hydrogens is 328 g/mol. The highest BCUT2D eigenvalue weighted by atomic mass is 35.5. The highest BCUT2D eigenvalue weighted by Gasteiger charge is 2.11. The first kappa shape index (κ1) is 16.0. The number of halogens is 1. The van der Waals surface area contributed by atoms with E-state index in [1.807, 2.05) is 48.1 Å². The van der Waals surface area contributed by atoms with E-state index in [2.05, 4.69) is 15.5 Å². The zero-order valence-corrected chi connectivity index (χ0v) is 13.7. The molecule has 0 bridgehead atoms. The molecule has 0 spiro atoms. The van der Waals surface area contributed by atoms with Crippen molar-refractivity contribution in [3.05, 3.63) is 65.1 Å². The van der Waals surface area contributed by atoms with Gasteiger partial charge in [0.15, 0.2) is 0 Å². The van der Waals surface area contributed by atoms with Gasteiger partial charge in [0, 0.05) is 24.3 Å². The molecule has 7 heteroatoms. The van der Waals surface area contributed by atoms with E-state index in [4.69, 9.17) is 16.1 Å². The van der Waals surface area contributed by atoms with Gasteiger partial charge in [-0.2, -0.15) is 4.98 Å². The normalized spacial score (nSPS) is 11.1. The Bertz CT molecular complexity index is 882. The lowest BCUT2D eigenvalue weighted by Crippen LogP contribution is -2.20. The van der Waals surface area contributed by atoms with Gasteiger partial charge >= 0.3 is 0 Å². The third-order valence-electron chi connectivity index (χ3n) is 3.37. The van der Waals surface area contributed by atoms with Crippen molar-refractivity contribution in [1.29, 1.82) is 0 Å². The molecule has 0 saturated heterocycles. The zero-order valence-electron chi connectivity index (χ0n) is 12.9. The Labute approximate surface area is 143 Å². The summed E-state index contributed by atoms with van der Waals surface area (Å²) in [6.45, 7) is 0.156. The number of nitrogens with one attached hydrogen (secondary N) is 1. The van der Waals surface area contributed by atoms with Crippen LogP contribution in [0.4, 0.5) is 0 Å². The number of carbonyl (C=O) groups is 1. The van der Waals surface area contributed by atoms with Gasteiger partial charge in [-0.05, 0) is 29.8 Å². The van der Waals surface area contributed by atoms with Crippen LogP contribution in [0.1, 0.15) is 11.5 Å². The highest BCUT2D eigenvalue weighted by molar-refractivity contribution is 6.32. The predicted octanol–water partition coefficient (Wildman–Crippen LogP) is 3.06. The third-order valence-corrected chi connectivity index (χ3v) is 3.72. The summed E-state index contributed by atoms with van der Waals surface area (Å²) in [4.78, 5) is 16.1. The maximum atomic E-state index is 11.9. The first-order valence-corrected chi connectivity index (χ1v) is 7.66. The van der Waals surface area contributed by atoms with Crippen molar-refractivity contribution in [2.24, 2.45) is 7.05 Å². The van der Waals surface area contributed by atoms with Gasteiger partial charge in [-0.1, -0.05) is 35.0 Å². The first-order chi connectivity index (χ1) is 11.6. The Morgan fingerprint density at radius 2 is 2.17 bits per heavy atom. The van der Waals surface area contributed by atoms with Crippen LogP contribution in [0, 0.1) is 0 Å². The van der Waals surface area contributed by atoms with Crippen LogP contribution >= 0.6 is 11.6 Å². The summed E-state index contributed by atoms with van der Waals surface area (Å²) in [6.07, 6.45) is 4.96. The molecule has 0 aliphatic rings. The molecule has 2 aromatic heterocycles. The molecule has 3 aromatic rings. The van der Waals surface area contributed by atoms with E-state index in [1.54, 1.807) is 12.1 Å². The van der Waals surface area contributed by atoms with Crippen LogP contribution in [0.5, 0.6) is 0 Å². The number of hydrogen-bond acceptors (Lipinski definition) is 4. The number of aromatic nitrogens is 3. The molecule has 122 valence electrons. The van der Waals surface area contributed by atoms with E-state index < -0.39 is 0 Å². The van der Waals surface area contributed by atoms with Gasteiger partial charge in [0.2, 0.25) is 17.6 Å². The average Bonchev–Trinajstić information content (AvgIpc) is 3.20. The van der Waals surface area contributed by atoms with Gasteiger partial charge in [0.25, 0.3) is 0 Å². The van der Waals surface area contributed by atoms with E-state index in [9.17, 15) is 4.79 Å². The number of benzene rings is 1. The summed E-state index contributed by atoms with van der Waals surface area (Å²) in [5.74, 6) is 0.553. The van der Waals surface area contributed by atoms with E-state index in [0.29, 0.717) is 16.7 Å². The Hall–Kier alpha value is -2.86. The Morgan fingerprint density at radius 3 is 2.92 bits per heavy atom. The van der Waals surface area contributed by atoms with Crippen LogP contribution in [-0.4, -0.2) is 20.6 Å². The molecule has 1 aromatic carbocycles. The van der Waals surface area contributed by atoms with Gasteiger partial charge in [-0.25, -0.2) is 0 Å². The fraction of sp³-hybridized carbons (Fsp3) is 0.118. The molecule has 0 unspecified atom stereocenters. The minimum absolute atomic E-state index is 0.156. The van der Waals surface area contributed by atoms with Crippen molar-refractivity contribution in [1.82, 2.24) is 20.0 Å². The van der Waals surface area contributed by atoms with Crippen LogP contribution in [0.3, 0.4) is 0 Å². The van der Waals surface area contributed by atoms with Crippen LogP contribution < -0.4 is 5.32 Å². The molecule has 0 saturated carbocycles. The van der Waals surface area contributed by atoms with Gasteiger partial charge in [0.1, 0.15) is 0 Å². The second-order valence-corrected chi connectivity index (χ2v) is 5.50. The number of rotatable bonds is 5. The van der Waals surface area contributed by atoms with E-state index in [1.165, 1.54) is 6.08 Å². The average molecular weight is 343 g/mol. The van der Waals surface area contributed by atoms with Crippen LogP contribution in [0.2, 0.25) is 5.02 Å². The van der Waals surface area contributed by atoms with Crippen molar-refractivity contribution >= 4 is 23.6 Å². The SMILES string of the molecule is Cn1cccc1-c1noc(CNC(=O)C=Cc2ccccc2Cl)n1. The monoisotopic (exact) mass is 342 g/mol. The minimum atomic E-state index is -0.270. The van der Waals surface area contributed by atoms with E-state index in [0.717, 1.165) is 11.3 Å². The highest BCUT2D eigenvalue weighted by Crippen LogP contribution is 2.16. The van der Waals surface area contributed by atoms with Gasteiger partial charge in [-0.3, -0.25) is 4.79 Å². The minimum Gasteiger partial charge on any atom is -0.348 e. The standard InChI is InChI=1S/C17H15ClN4O2/c1-22-10-4-7-14(22)17-20-16(24-21-17)11-19-15(23)9-8-12-5-2-3-6-13(12)18/h2-10H,11H2,1H3,(H,19,23). The number of amides is 1. The van der Waals surface area contributed by atoms with Crippen LogP contribution in [0.15, 0.2) is 53.2 Å². The van der Waals surface area contributed by atoms with E-state index >= 15 is 0 Å². The lowest BCUT2D eigenvalue weighted by atomic mass is 10.2. The Balaban J connectivity index is 1.58.